The van der Waals surface area contributed by atoms with Gasteiger partial charge in [-0.3, -0.25) is 0 Å². The van der Waals surface area contributed by atoms with E-state index in [-0.39, 0.29) is 0 Å². The van der Waals surface area contributed by atoms with Crippen molar-refractivity contribution in [3.8, 4) is 0 Å². The summed E-state index contributed by atoms with van der Waals surface area (Å²) in [6.07, 6.45) is 5.46. The number of aryl methyl sites for hydroxylation is 1. The van der Waals surface area contributed by atoms with Crippen molar-refractivity contribution in [1.29, 1.82) is 0 Å². The highest BCUT2D eigenvalue weighted by Gasteiger charge is 2.23. The topological polar surface area (TPSA) is 47.0 Å². The van der Waals surface area contributed by atoms with Gasteiger partial charge < -0.3 is 10.1 Å². The van der Waals surface area contributed by atoms with Crippen molar-refractivity contribution in [3.05, 3.63) is 22.8 Å². The molecule has 0 spiro atoms. The Morgan fingerprint density at radius 1 is 1.26 bits per heavy atom. The molecule has 2 aliphatic rings. The third kappa shape index (κ3) is 2.79. The molecule has 0 amide bonds. The standard InChI is InChI=1S/C15H23N3O/c1-2-3-13-12-4-7-16-10-14(12)18-15(17-13)11-5-8-19-9-6-11/h11,16H,2-10H2,1H3. The summed E-state index contributed by atoms with van der Waals surface area (Å²) >= 11 is 0. The molecule has 0 atom stereocenters. The normalized spacial score (nSPS) is 20.3. The van der Waals surface area contributed by atoms with Crippen molar-refractivity contribution < 1.29 is 4.74 Å². The van der Waals surface area contributed by atoms with Crippen LogP contribution in [0.4, 0.5) is 0 Å². The van der Waals surface area contributed by atoms with Gasteiger partial charge in [-0.25, -0.2) is 9.97 Å². The zero-order chi connectivity index (χ0) is 13.1. The number of hydrogen-bond acceptors (Lipinski definition) is 4. The predicted molar refractivity (Wildman–Crippen MR) is 74.2 cm³/mol. The van der Waals surface area contributed by atoms with Gasteiger partial charge in [0.15, 0.2) is 0 Å². The van der Waals surface area contributed by atoms with Crippen LogP contribution in [0.5, 0.6) is 0 Å². The molecule has 4 heteroatoms. The Morgan fingerprint density at radius 3 is 2.89 bits per heavy atom. The molecule has 1 aromatic heterocycles. The molecule has 3 rings (SSSR count). The van der Waals surface area contributed by atoms with Gasteiger partial charge in [-0.15, -0.1) is 0 Å². The molecule has 0 unspecified atom stereocenters. The maximum Gasteiger partial charge on any atom is 0.132 e. The number of nitrogens with one attached hydrogen (secondary N) is 1. The minimum atomic E-state index is 0.497. The number of aromatic nitrogens is 2. The molecule has 1 saturated heterocycles. The Labute approximate surface area is 115 Å². The lowest BCUT2D eigenvalue weighted by Gasteiger charge is -2.25. The molecule has 1 aromatic rings. The molecule has 3 heterocycles. The van der Waals surface area contributed by atoms with Crippen molar-refractivity contribution in [3.63, 3.8) is 0 Å². The molecular formula is C15H23N3O. The molecule has 1 N–H and O–H groups in total. The fraction of sp³-hybridized carbons (Fsp3) is 0.733. The van der Waals surface area contributed by atoms with Crippen LogP contribution < -0.4 is 5.32 Å². The van der Waals surface area contributed by atoms with Crippen LogP contribution in [-0.4, -0.2) is 29.7 Å². The summed E-state index contributed by atoms with van der Waals surface area (Å²) in [7, 11) is 0. The van der Waals surface area contributed by atoms with Crippen LogP contribution in [0, 0.1) is 0 Å². The molecule has 4 nitrogen and oxygen atoms in total. The fourth-order valence-corrected chi connectivity index (χ4v) is 3.04. The van der Waals surface area contributed by atoms with Gasteiger partial charge >= 0.3 is 0 Å². The van der Waals surface area contributed by atoms with E-state index in [0.29, 0.717) is 5.92 Å². The molecular weight excluding hydrogens is 238 g/mol. The average Bonchev–Trinajstić information content (AvgIpc) is 2.48. The second kappa shape index (κ2) is 5.97. The van der Waals surface area contributed by atoms with Crippen LogP contribution in [-0.2, 0) is 24.1 Å². The van der Waals surface area contributed by atoms with E-state index < -0.39 is 0 Å². The fourth-order valence-electron chi connectivity index (χ4n) is 3.04. The van der Waals surface area contributed by atoms with Crippen molar-refractivity contribution in [2.45, 2.75) is 51.5 Å². The Hall–Kier alpha value is -1.00. The van der Waals surface area contributed by atoms with Crippen LogP contribution in [0.1, 0.15) is 54.9 Å². The van der Waals surface area contributed by atoms with Crippen molar-refractivity contribution >= 4 is 0 Å². The number of hydrogen-bond donors (Lipinski definition) is 1. The molecule has 0 saturated carbocycles. The lowest BCUT2D eigenvalue weighted by atomic mass is 9.96. The van der Waals surface area contributed by atoms with Gasteiger partial charge in [-0.1, -0.05) is 13.3 Å². The number of nitrogens with zero attached hydrogens (tertiary/aromatic N) is 2. The highest BCUT2D eigenvalue weighted by molar-refractivity contribution is 5.29. The predicted octanol–water partition coefficient (Wildman–Crippen LogP) is 1.97. The van der Waals surface area contributed by atoms with Crippen LogP contribution in [0.15, 0.2) is 0 Å². The lowest BCUT2D eigenvalue weighted by molar-refractivity contribution is 0.0834. The zero-order valence-electron chi connectivity index (χ0n) is 11.7. The highest BCUT2D eigenvalue weighted by Crippen LogP contribution is 2.27. The quantitative estimate of drug-likeness (QED) is 0.903. The minimum absolute atomic E-state index is 0.497. The monoisotopic (exact) mass is 261 g/mol. The largest absolute Gasteiger partial charge is 0.381 e. The van der Waals surface area contributed by atoms with Crippen LogP contribution in [0.2, 0.25) is 0 Å². The van der Waals surface area contributed by atoms with Gasteiger partial charge in [0.25, 0.3) is 0 Å². The summed E-state index contributed by atoms with van der Waals surface area (Å²) in [5.41, 5.74) is 3.96. The van der Waals surface area contributed by atoms with E-state index >= 15 is 0 Å². The number of rotatable bonds is 3. The first-order valence-corrected chi connectivity index (χ1v) is 7.55. The summed E-state index contributed by atoms with van der Waals surface area (Å²) in [5.74, 6) is 1.56. The van der Waals surface area contributed by atoms with E-state index in [1.54, 1.807) is 0 Å². The first-order chi connectivity index (χ1) is 9.38. The van der Waals surface area contributed by atoms with Gasteiger partial charge in [0.2, 0.25) is 0 Å². The van der Waals surface area contributed by atoms with Crippen LogP contribution in [0.3, 0.4) is 0 Å². The Kier molecular flexibility index (Phi) is 4.09. The van der Waals surface area contributed by atoms with Crippen LogP contribution in [0.25, 0.3) is 0 Å². The van der Waals surface area contributed by atoms with E-state index in [0.717, 1.165) is 64.2 Å². The van der Waals surface area contributed by atoms with Gasteiger partial charge in [0.05, 0.1) is 5.69 Å². The van der Waals surface area contributed by atoms with Gasteiger partial charge in [0, 0.05) is 31.4 Å². The maximum atomic E-state index is 5.44. The molecule has 104 valence electrons. The summed E-state index contributed by atoms with van der Waals surface area (Å²) < 4.78 is 5.44. The first kappa shape index (κ1) is 13.0. The highest BCUT2D eigenvalue weighted by atomic mass is 16.5. The molecule has 2 aliphatic heterocycles. The summed E-state index contributed by atoms with van der Waals surface area (Å²) in [6.45, 7) is 5.90. The summed E-state index contributed by atoms with van der Waals surface area (Å²) in [6, 6.07) is 0. The molecule has 0 radical (unpaired) electrons. The Bertz CT molecular complexity index is 441. The number of ether oxygens (including phenoxy) is 1. The Morgan fingerprint density at radius 2 is 2.11 bits per heavy atom. The van der Waals surface area contributed by atoms with E-state index in [1.165, 1.54) is 17.0 Å². The van der Waals surface area contributed by atoms with E-state index in [9.17, 15) is 0 Å². The third-order valence-electron chi connectivity index (χ3n) is 4.11. The lowest BCUT2D eigenvalue weighted by Crippen LogP contribution is -2.28. The second-order valence-electron chi connectivity index (χ2n) is 5.52. The second-order valence-corrected chi connectivity index (χ2v) is 5.52. The summed E-state index contributed by atoms with van der Waals surface area (Å²) in [4.78, 5) is 9.76. The average molecular weight is 261 g/mol. The van der Waals surface area contributed by atoms with Gasteiger partial charge in [-0.05, 0) is 37.8 Å². The smallest absolute Gasteiger partial charge is 0.132 e. The van der Waals surface area contributed by atoms with Gasteiger partial charge in [0.1, 0.15) is 5.82 Å². The van der Waals surface area contributed by atoms with E-state index in [1.807, 2.05) is 0 Å². The zero-order valence-corrected chi connectivity index (χ0v) is 11.7. The van der Waals surface area contributed by atoms with Crippen molar-refractivity contribution in [2.75, 3.05) is 19.8 Å². The first-order valence-electron chi connectivity index (χ1n) is 7.55. The van der Waals surface area contributed by atoms with Crippen molar-refractivity contribution in [2.24, 2.45) is 0 Å². The summed E-state index contributed by atoms with van der Waals surface area (Å²) in [5, 5.41) is 3.43. The van der Waals surface area contributed by atoms with Crippen LogP contribution >= 0.6 is 0 Å². The SMILES string of the molecule is CCCc1nc(C2CCOCC2)nc2c1CCNC2. The molecule has 19 heavy (non-hydrogen) atoms. The third-order valence-corrected chi connectivity index (χ3v) is 4.11. The molecule has 0 aliphatic carbocycles. The van der Waals surface area contributed by atoms with E-state index in [2.05, 4.69) is 12.2 Å². The van der Waals surface area contributed by atoms with Gasteiger partial charge in [-0.2, -0.15) is 0 Å². The molecule has 0 bridgehead atoms. The van der Waals surface area contributed by atoms with Crippen molar-refractivity contribution in [1.82, 2.24) is 15.3 Å². The number of fused-ring (bicyclic) bond motifs is 1. The minimum Gasteiger partial charge on any atom is -0.381 e. The Balaban J connectivity index is 1.93. The molecule has 1 fully saturated rings. The maximum absolute atomic E-state index is 5.44. The van der Waals surface area contributed by atoms with E-state index in [4.69, 9.17) is 14.7 Å². The molecule has 0 aromatic carbocycles.